The lowest BCUT2D eigenvalue weighted by atomic mass is 10.3. The molecule has 0 radical (unpaired) electrons. The van der Waals surface area contributed by atoms with Gasteiger partial charge < -0.3 is 0 Å². The molecule has 0 atom stereocenters. The Morgan fingerprint density at radius 1 is 1.33 bits per heavy atom. The van der Waals surface area contributed by atoms with Crippen LogP contribution in [0.5, 0.6) is 0 Å². The SMILES string of the molecule is Clc1cc(Br)cc2c(Br)[nH]nc12. The van der Waals surface area contributed by atoms with Crippen molar-refractivity contribution in [3.8, 4) is 0 Å². The minimum Gasteiger partial charge on any atom is -0.270 e. The van der Waals surface area contributed by atoms with E-state index in [1.54, 1.807) is 0 Å². The summed E-state index contributed by atoms with van der Waals surface area (Å²) in [6.07, 6.45) is 0. The number of aromatic amines is 1. The highest BCUT2D eigenvalue weighted by molar-refractivity contribution is 9.11. The number of nitrogens with one attached hydrogen (secondary N) is 1. The van der Waals surface area contributed by atoms with Crippen molar-refractivity contribution in [1.82, 2.24) is 10.2 Å². The first-order valence-electron chi connectivity index (χ1n) is 3.17. The average Bonchev–Trinajstić information content (AvgIpc) is 2.33. The van der Waals surface area contributed by atoms with E-state index in [0.717, 1.165) is 20.0 Å². The lowest BCUT2D eigenvalue weighted by molar-refractivity contribution is 1.10. The number of hydrogen-bond acceptors (Lipinski definition) is 1. The molecule has 12 heavy (non-hydrogen) atoms. The van der Waals surface area contributed by atoms with E-state index in [4.69, 9.17) is 11.6 Å². The second-order valence-corrected chi connectivity index (χ2v) is 4.44. The molecular formula is C7H3Br2ClN2. The van der Waals surface area contributed by atoms with Gasteiger partial charge in [-0.1, -0.05) is 27.5 Å². The zero-order valence-corrected chi connectivity index (χ0v) is 9.66. The maximum atomic E-state index is 5.94. The van der Waals surface area contributed by atoms with Gasteiger partial charge in [-0.15, -0.1) is 0 Å². The van der Waals surface area contributed by atoms with Gasteiger partial charge in [0.15, 0.2) is 0 Å². The van der Waals surface area contributed by atoms with Gasteiger partial charge in [0.2, 0.25) is 0 Å². The minimum absolute atomic E-state index is 0.640. The molecule has 0 aliphatic rings. The zero-order valence-electron chi connectivity index (χ0n) is 5.74. The van der Waals surface area contributed by atoms with Crippen molar-refractivity contribution in [2.24, 2.45) is 0 Å². The maximum Gasteiger partial charge on any atom is 0.112 e. The molecular weight excluding hydrogens is 307 g/mol. The van der Waals surface area contributed by atoms with Crippen molar-refractivity contribution in [2.45, 2.75) is 0 Å². The van der Waals surface area contributed by atoms with Crippen LogP contribution in [0, 0.1) is 0 Å². The smallest absolute Gasteiger partial charge is 0.112 e. The second kappa shape index (κ2) is 3.01. The second-order valence-electron chi connectivity index (χ2n) is 2.32. The number of benzene rings is 1. The summed E-state index contributed by atoms with van der Waals surface area (Å²) in [4.78, 5) is 0. The molecule has 0 unspecified atom stereocenters. The Kier molecular flexibility index (Phi) is 2.14. The number of H-pyrrole nitrogens is 1. The summed E-state index contributed by atoms with van der Waals surface area (Å²) < 4.78 is 1.79. The third kappa shape index (κ3) is 1.28. The summed E-state index contributed by atoms with van der Waals surface area (Å²) in [6.45, 7) is 0. The summed E-state index contributed by atoms with van der Waals surface area (Å²) >= 11 is 12.6. The van der Waals surface area contributed by atoms with Gasteiger partial charge in [-0.3, -0.25) is 5.10 Å². The molecule has 2 rings (SSSR count). The molecule has 1 aromatic carbocycles. The van der Waals surface area contributed by atoms with Crippen molar-refractivity contribution in [1.29, 1.82) is 0 Å². The zero-order chi connectivity index (χ0) is 8.72. The Morgan fingerprint density at radius 3 is 2.83 bits per heavy atom. The number of hydrogen-bond donors (Lipinski definition) is 1. The van der Waals surface area contributed by atoms with Crippen LogP contribution in [-0.4, -0.2) is 10.2 Å². The van der Waals surface area contributed by atoms with E-state index in [1.165, 1.54) is 0 Å². The van der Waals surface area contributed by atoms with Crippen molar-refractivity contribution in [3.05, 3.63) is 26.2 Å². The summed E-state index contributed by atoms with van der Waals surface area (Å²) in [7, 11) is 0. The third-order valence-electron chi connectivity index (χ3n) is 1.53. The highest BCUT2D eigenvalue weighted by Crippen LogP contribution is 2.30. The van der Waals surface area contributed by atoms with Crippen LogP contribution < -0.4 is 0 Å². The van der Waals surface area contributed by atoms with E-state index < -0.39 is 0 Å². The van der Waals surface area contributed by atoms with Crippen LogP contribution in [0.1, 0.15) is 0 Å². The fourth-order valence-corrected chi connectivity index (χ4v) is 2.25. The first-order chi connectivity index (χ1) is 5.68. The molecule has 0 spiro atoms. The van der Waals surface area contributed by atoms with Gasteiger partial charge in [0.05, 0.1) is 5.02 Å². The molecule has 5 heteroatoms. The molecule has 0 amide bonds. The Hall–Kier alpha value is -0.0600. The molecule has 0 aliphatic heterocycles. The highest BCUT2D eigenvalue weighted by Gasteiger charge is 2.06. The van der Waals surface area contributed by atoms with Crippen molar-refractivity contribution in [2.75, 3.05) is 0 Å². The number of aromatic nitrogens is 2. The topological polar surface area (TPSA) is 28.7 Å². The predicted molar refractivity (Wildman–Crippen MR) is 56.5 cm³/mol. The van der Waals surface area contributed by atoms with Gasteiger partial charge in [0.25, 0.3) is 0 Å². The van der Waals surface area contributed by atoms with Crippen LogP contribution in [-0.2, 0) is 0 Å². The van der Waals surface area contributed by atoms with Crippen LogP contribution in [0.2, 0.25) is 5.02 Å². The van der Waals surface area contributed by atoms with E-state index in [0.29, 0.717) is 5.02 Å². The maximum absolute atomic E-state index is 5.94. The van der Waals surface area contributed by atoms with E-state index >= 15 is 0 Å². The van der Waals surface area contributed by atoms with E-state index in [1.807, 2.05) is 12.1 Å². The Labute approximate surface area is 90.5 Å². The first kappa shape index (κ1) is 8.53. The van der Waals surface area contributed by atoms with E-state index in [-0.39, 0.29) is 0 Å². The van der Waals surface area contributed by atoms with Crippen molar-refractivity contribution < 1.29 is 0 Å². The molecule has 1 N–H and O–H groups in total. The fraction of sp³-hybridized carbons (Fsp3) is 0. The largest absolute Gasteiger partial charge is 0.270 e. The predicted octanol–water partition coefficient (Wildman–Crippen LogP) is 3.74. The van der Waals surface area contributed by atoms with Crippen LogP contribution in [0.25, 0.3) is 10.9 Å². The van der Waals surface area contributed by atoms with E-state index in [2.05, 4.69) is 42.1 Å². The normalized spacial score (nSPS) is 10.9. The van der Waals surface area contributed by atoms with Crippen LogP contribution >= 0.6 is 43.5 Å². The molecule has 1 aromatic heterocycles. The molecule has 1 heterocycles. The minimum atomic E-state index is 0.640. The molecule has 0 bridgehead atoms. The molecule has 0 fully saturated rings. The molecule has 0 aliphatic carbocycles. The fourth-order valence-electron chi connectivity index (χ4n) is 1.01. The number of halogens is 3. The van der Waals surface area contributed by atoms with Crippen LogP contribution in [0.4, 0.5) is 0 Å². The van der Waals surface area contributed by atoms with Crippen molar-refractivity contribution >= 4 is 54.4 Å². The standard InChI is InChI=1S/C7H3Br2ClN2/c8-3-1-4-6(5(10)2-3)11-12-7(4)9/h1-2H,(H,11,12). The molecule has 0 saturated heterocycles. The Balaban J connectivity index is 2.92. The van der Waals surface area contributed by atoms with Gasteiger partial charge >= 0.3 is 0 Å². The van der Waals surface area contributed by atoms with Gasteiger partial charge in [0.1, 0.15) is 10.1 Å². The Bertz CT molecular complexity index is 438. The summed E-state index contributed by atoms with van der Waals surface area (Å²) in [5.41, 5.74) is 0.784. The molecule has 0 saturated carbocycles. The van der Waals surface area contributed by atoms with Gasteiger partial charge in [0, 0.05) is 9.86 Å². The first-order valence-corrected chi connectivity index (χ1v) is 5.13. The van der Waals surface area contributed by atoms with E-state index in [9.17, 15) is 0 Å². The monoisotopic (exact) mass is 308 g/mol. The average molecular weight is 310 g/mol. The third-order valence-corrected chi connectivity index (χ3v) is 2.88. The number of rotatable bonds is 0. The quantitative estimate of drug-likeness (QED) is 0.789. The summed E-state index contributed by atoms with van der Waals surface area (Å²) in [5, 5.41) is 8.46. The number of fused-ring (bicyclic) bond motifs is 1. The van der Waals surface area contributed by atoms with Crippen molar-refractivity contribution in [3.63, 3.8) is 0 Å². The van der Waals surface area contributed by atoms with Gasteiger partial charge in [-0.2, -0.15) is 5.10 Å². The molecule has 2 nitrogen and oxygen atoms in total. The Morgan fingerprint density at radius 2 is 2.08 bits per heavy atom. The molecule has 62 valence electrons. The number of nitrogens with zero attached hydrogens (tertiary/aromatic N) is 1. The lowest BCUT2D eigenvalue weighted by Gasteiger charge is -1.93. The van der Waals surface area contributed by atoms with Gasteiger partial charge in [-0.05, 0) is 28.1 Å². The highest BCUT2D eigenvalue weighted by atomic mass is 79.9. The lowest BCUT2D eigenvalue weighted by Crippen LogP contribution is -1.71. The molecule has 2 aromatic rings. The van der Waals surface area contributed by atoms with Gasteiger partial charge in [-0.25, -0.2) is 0 Å². The van der Waals surface area contributed by atoms with Crippen LogP contribution in [0.15, 0.2) is 21.2 Å². The summed E-state index contributed by atoms with van der Waals surface area (Å²) in [5.74, 6) is 0. The summed E-state index contributed by atoms with van der Waals surface area (Å²) in [6, 6.07) is 3.77. The van der Waals surface area contributed by atoms with Crippen LogP contribution in [0.3, 0.4) is 0 Å².